The van der Waals surface area contributed by atoms with Gasteiger partial charge in [0.05, 0.1) is 6.61 Å². The van der Waals surface area contributed by atoms with Crippen LogP contribution in [0.2, 0.25) is 0 Å². The molecular weight excluding hydrogens is 438 g/mol. The van der Waals surface area contributed by atoms with Gasteiger partial charge in [-0.15, -0.1) is 10.2 Å². The first-order valence-corrected chi connectivity index (χ1v) is 11.7. The van der Waals surface area contributed by atoms with Crippen LogP contribution in [0, 0.1) is 0 Å². The van der Waals surface area contributed by atoms with Crippen molar-refractivity contribution in [2.24, 2.45) is 5.73 Å². The maximum atomic E-state index is 11.8. The van der Waals surface area contributed by atoms with Crippen molar-refractivity contribution in [2.75, 3.05) is 12.4 Å². The van der Waals surface area contributed by atoms with E-state index in [1.807, 2.05) is 47.9 Å². The summed E-state index contributed by atoms with van der Waals surface area (Å²) in [5.41, 5.74) is 8.09. The Balaban J connectivity index is 1.92. The number of carbonyl (C=O) groups is 2. The molecule has 0 unspecified atom stereocenters. The summed E-state index contributed by atoms with van der Waals surface area (Å²) >= 11 is 1.38. The van der Waals surface area contributed by atoms with E-state index in [-0.39, 0.29) is 11.8 Å². The zero-order valence-electron chi connectivity index (χ0n) is 19.3. The van der Waals surface area contributed by atoms with Gasteiger partial charge < -0.3 is 10.5 Å². The molecule has 0 aliphatic heterocycles. The number of nitrogens with two attached hydrogens (primary N) is 1. The molecule has 0 bridgehead atoms. The monoisotopic (exact) mass is 467 g/mol. The lowest BCUT2D eigenvalue weighted by molar-refractivity contribution is -0.119. The van der Waals surface area contributed by atoms with Crippen molar-refractivity contribution in [3.63, 3.8) is 0 Å². The lowest BCUT2D eigenvalue weighted by Gasteiger charge is -2.19. The van der Waals surface area contributed by atoms with E-state index >= 15 is 0 Å². The van der Waals surface area contributed by atoms with Gasteiger partial charge in [-0.2, -0.15) is 0 Å². The maximum Gasteiger partial charge on any atom is 0.318 e. The number of hydrogen-bond acceptors (Lipinski definition) is 6. The van der Waals surface area contributed by atoms with Gasteiger partial charge >= 0.3 is 6.03 Å². The first-order chi connectivity index (χ1) is 15.7. The molecular formula is C24H29N5O3S. The van der Waals surface area contributed by atoms with Gasteiger partial charge in [-0.05, 0) is 42.2 Å². The van der Waals surface area contributed by atoms with E-state index in [0.717, 1.165) is 17.0 Å². The minimum absolute atomic E-state index is 0.0494. The molecule has 2 aromatic carbocycles. The summed E-state index contributed by atoms with van der Waals surface area (Å²) in [5.74, 6) is 1.46. The molecule has 3 aromatic rings. The van der Waals surface area contributed by atoms with Gasteiger partial charge in [-0.1, -0.05) is 56.8 Å². The van der Waals surface area contributed by atoms with Crippen LogP contribution in [-0.2, 0) is 10.2 Å². The van der Waals surface area contributed by atoms with E-state index < -0.39 is 11.9 Å². The van der Waals surface area contributed by atoms with E-state index in [9.17, 15) is 9.59 Å². The molecule has 0 spiro atoms. The number of nitrogens with zero attached hydrogens (tertiary/aromatic N) is 3. The van der Waals surface area contributed by atoms with Crippen LogP contribution in [0.25, 0.3) is 17.1 Å². The highest BCUT2D eigenvalue weighted by atomic mass is 32.2. The summed E-state index contributed by atoms with van der Waals surface area (Å²) in [6.45, 7) is 9.05. The number of benzene rings is 2. The fourth-order valence-corrected chi connectivity index (χ4v) is 4.09. The van der Waals surface area contributed by atoms with Crippen molar-refractivity contribution in [3.8, 4) is 22.8 Å². The molecule has 0 fully saturated rings. The van der Waals surface area contributed by atoms with E-state index in [4.69, 9.17) is 10.5 Å². The number of nitrogens with one attached hydrogen (secondary N) is 1. The van der Waals surface area contributed by atoms with Crippen molar-refractivity contribution in [2.45, 2.75) is 44.7 Å². The number of primary amides is 1. The highest BCUT2D eigenvalue weighted by molar-refractivity contribution is 7.99. The smallest absolute Gasteiger partial charge is 0.318 e. The van der Waals surface area contributed by atoms with E-state index in [0.29, 0.717) is 23.3 Å². The summed E-state index contributed by atoms with van der Waals surface area (Å²) < 4.78 is 7.52. The van der Waals surface area contributed by atoms with Crippen LogP contribution >= 0.6 is 11.8 Å². The summed E-state index contributed by atoms with van der Waals surface area (Å²) in [6, 6.07) is 15.1. The Labute approximate surface area is 197 Å². The number of urea groups is 1. The van der Waals surface area contributed by atoms with Gasteiger partial charge in [-0.25, -0.2) is 4.79 Å². The van der Waals surface area contributed by atoms with Gasteiger partial charge in [0, 0.05) is 23.4 Å². The average molecular weight is 468 g/mol. The SMILES string of the molecule is CCOc1ccc(-n2c(SCCC(=O)NC(N)=O)nnc2-c2ccc(C(C)(C)C)cc2)cc1. The Morgan fingerprint density at radius 3 is 2.30 bits per heavy atom. The highest BCUT2D eigenvalue weighted by Gasteiger charge is 2.19. The summed E-state index contributed by atoms with van der Waals surface area (Å²) in [5, 5.41) is 11.5. The molecule has 1 aromatic heterocycles. The second-order valence-electron chi connectivity index (χ2n) is 8.41. The van der Waals surface area contributed by atoms with Crippen molar-refractivity contribution in [3.05, 3.63) is 54.1 Å². The molecule has 0 atom stereocenters. The van der Waals surface area contributed by atoms with Crippen LogP contribution in [0.5, 0.6) is 5.75 Å². The Hall–Kier alpha value is -3.33. The Morgan fingerprint density at radius 1 is 1.06 bits per heavy atom. The predicted molar refractivity (Wildman–Crippen MR) is 130 cm³/mol. The second-order valence-corrected chi connectivity index (χ2v) is 9.47. The van der Waals surface area contributed by atoms with E-state index in [2.05, 4.69) is 48.4 Å². The number of aromatic nitrogens is 3. The minimum Gasteiger partial charge on any atom is -0.494 e. The third kappa shape index (κ3) is 6.35. The van der Waals surface area contributed by atoms with Crippen LogP contribution in [0.4, 0.5) is 4.79 Å². The standard InChI is InChI=1S/C24H29N5O3S/c1-5-32-19-12-10-18(11-13-19)29-21(16-6-8-17(9-7-16)24(2,3)4)27-28-23(29)33-15-14-20(30)26-22(25)31/h6-13H,5,14-15H2,1-4H3,(H3,25,26,30,31). The number of rotatable bonds is 8. The maximum absolute atomic E-state index is 11.8. The largest absolute Gasteiger partial charge is 0.494 e. The van der Waals surface area contributed by atoms with Crippen molar-refractivity contribution < 1.29 is 14.3 Å². The molecule has 8 nitrogen and oxygen atoms in total. The molecule has 3 amide bonds. The highest BCUT2D eigenvalue weighted by Crippen LogP contribution is 2.31. The molecule has 0 aliphatic rings. The summed E-state index contributed by atoms with van der Waals surface area (Å²) in [7, 11) is 0. The molecule has 3 rings (SSSR count). The predicted octanol–water partition coefficient (Wildman–Crippen LogP) is 4.31. The van der Waals surface area contributed by atoms with Crippen molar-refractivity contribution >= 4 is 23.7 Å². The van der Waals surface area contributed by atoms with E-state index in [1.165, 1.54) is 17.3 Å². The summed E-state index contributed by atoms with van der Waals surface area (Å²) in [4.78, 5) is 22.6. The van der Waals surface area contributed by atoms with Crippen LogP contribution in [0.1, 0.15) is 39.7 Å². The zero-order valence-corrected chi connectivity index (χ0v) is 20.1. The number of amides is 3. The molecule has 33 heavy (non-hydrogen) atoms. The fourth-order valence-electron chi connectivity index (χ4n) is 3.20. The lowest BCUT2D eigenvalue weighted by atomic mass is 9.87. The first-order valence-electron chi connectivity index (χ1n) is 10.7. The molecule has 0 saturated carbocycles. The molecule has 1 heterocycles. The van der Waals surface area contributed by atoms with Crippen molar-refractivity contribution in [1.29, 1.82) is 0 Å². The molecule has 0 saturated heterocycles. The Kier molecular flexibility index (Phi) is 7.75. The third-order valence-electron chi connectivity index (χ3n) is 4.87. The van der Waals surface area contributed by atoms with Crippen LogP contribution in [0.3, 0.4) is 0 Å². The van der Waals surface area contributed by atoms with Gasteiger partial charge in [0.25, 0.3) is 0 Å². The molecule has 0 aliphatic carbocycles. The molecule has 9 heteroatoms. The van der Waals surface area contributed by atoms with E-state index in [1.54, 1.807) is 0 Å². The number of carbonyl (C=O) groups excluding carboxylic acids is 2. The summed E-state index contributed by atoms with van der Waals surface area (Å²) in [6.07, 6.45) is 0.124. The fraction of sp³-hybridized carbons (Fsp3) is 0.333. The zero-order chi connectivity index (χ0) is 24.0. The van der Waals surface area contributed by atoms with Crippen LogP contribution in [0.15, 0.2) is 53.7 Å². The van der Waals surface area contributed by atoms with Crippen LogP contribution < -0.4 is 15.8 Å². The average Bonchev–Trinajstić information content (AvgIpc) is 3.17. The number of ether oxygens (including phenoxy) is 1. The van der Waals surface area contributed by atoms with Gasteiger partial charge in [-0.3, -0.25) is 14.7 Å². The van der Waals surface area contributed by atoms with Gasteiger partial charge in [0.2, 0.25) is 5.91 Å². The van der Waals surface area contributed by atoms with Gasteiger partial charge in [0.15, 0.2) is 11.0 Å². The normalized spacial score (nSPS) is 11.3. The molecule has 174 valence electrons. The lowest BCUT2D eigenvalue weighted by Crippen LogP contribution is -2.35. The second kappa shape index (κ2) is 10.5. The van der Waals surface area contributed by atoms with Gasteiger partial charge in [0.1, 0.15) is 5.75 Å². The quantitative estimate of drug-likeness (QED) is 0.478. The number of imide groups is 1. The van der Waals surface area contributed by atoms with Crippen LogP contribution in [-0.4, -0.2) is 39.1 Å². The number of hydrogen-bond donors (Lipinski definition) is 2. The molecule has 3 N–H and O–H groups in total. The Bertz CT molecular complexity index is 1100. The number of thioether (sulfide) groups is 1. The Morgan fingerprint density at radius 2 is 1.73 bits per heavy atom. The first kappa shape index (κ1) is 24.3. The molecule has 0 radical (unpaired) electrons. The topological polar surface area (TPSA) is 112 Å². The minimum atomic E-state index is -0.858. The van der Waals surface area contributed by atoms with Crippen molar-refractivity contribution in [1.82, 2.24) is 20.1 Å². The third-order valence-corrected chi connectivity index (χ3v) is 5.80.